The van der Waals surface area contributed by atoms with E-state index >= 15 is 0 Å². The van der Waals surface area contributed by atoms with Gasteiger partial charge in [-0.05, 0) is 25.1 Å². The van der Waals surface area contributed by atoms with Crippen molar-refractivity contribution in [3.8, 4) is 18.1 Å². The van der Waals surface area contributed by atoms with Crippen molar-refractivity contribution >= 4 is 41.4 Å². The molecule has 1 aliphatic heterocycles. The van der Waals surface area contributed by atoms with Crippen LogP contribution in [0.15, 0.2) is 23.1 Å². The molecule has 1 unspecified atom stereocenters. The molecular formula is C12H14INOS. The molecule has 0 aliphatic carbocycles. The van der Waals surface area contributed by atoms with Crippen molar-refractivity contribution in [1.82, 2.24) is 0 Å². The normalized spacial score (nSPS) is 17.3. The Bertz CT molecular complexity index is 416. The molecule has 2 rings (SSSR count). The summed E-state index contributed by atoms with van der Waals surface area (Å²) in [5.74, 6) is 3.31. The Labute approximate surface area is 118 Å². The fourth-order valence-electron chi connectivity index (χ4n) is 1.55. The molecule has 0 N–H and O–H groups in total. The Hall–Kier alpha value is -0.540. The highest BCUT2D eigenvalue weighted by Crippen LogP contribution is 2.43. The fraction of sp³-hybridized carbons (Fsp3) is 0.333. The molecule has 1 aromatic carbocycles. The highest BCUT2D eigenvalue weighted by Gasteiger charge is 2.23. The van der Waals surface area contributed by atoms with Crippen molar-refractivity contribution in [3.63, 3.8) is 0 Å². The number of terminal acetylenes is 1. The smallest absolute Gasteiger partial charge is 0.148 e. The Kier molecular flexibility index (Phi) is 4.81. The Morgan fingerprint density at radius 1 is 1.56 bits per heavy atom. The summed E-state index contributed by atoms with van der Waals surface area (Å²) in [5, 5.41) is 0.489. The number of benzene rings is 1. The zero-order valence-electron chi connectivity index (χ0n) is 9.27. The third-order valence-corrected chi connectivity index (χ3v) is 3.71. The molecule has 0 saturated carbocycles. The first-order valence-corrected chi connectivity index (χ1v) is 5.70. The van der Waals surface area contributed by atoms with Gasteiger partial charge in [0.25, 0.3) is 0 Å². The molecule has 2 nitrogen and oxygen atoms in total. The van der Waals surface area contributed by atoms with E-state index in [-0.39, 0.29) is 24.0 Å². The average Bonchev–Trinajstić information content (AvgIpc) is 2.52. The summed E-state index contributed by atoms with van der Waals surface area (Å²) in [4.78, 5) is 3.52. The molecule has 0 amide bonds. The molecule has 4 heteroatoms. The molecule has 0 spiro atoms. The van der Waals surface area contributed by atoms with Gasteiger partial charge < -0.3 is 9.64 Å². The summed E-state index contributed by atoms with van der Waals surface area (Å²) in [6.45, 7) is 2.52. The predicted molar refractivity (Wildman–Crippen MR) is 79.9 cm³/mol. The first-order valence-electron chi connectivity index (χ1n) is 4.82. The lowest BCUT2D eigenvalue weighted by atomic mass is 10.3. The third-order valence-electron chi connectivity index (χ3n) is 2.48. The first kappa shape index (κ1) is 13.5. The number of ether oxygens (including phenoxy) is 1. The lowest BCUT2D eigenvalue weighted by Gasteiger charge is -2.16. The first-order chi connectivity index (χ1) is 7.22. The van der Waals surface area contributed by atoms with Crippen LogP contribution in [0.25, 0.3) is 0 Å². The lowest BCUT2D eigenvalue weighted by molar-refractivity contribution is 0.369. The Morgan fingerprint density at radius 3 is 3.00 bits per heavy atom. The summed E-state index contributed by atoms with van der Waals surface area (Å²) >= 11 is 1.84. The molecule has 1 atom stereocenters. The van der Waals surface area contributed by atoms with Crippen LogP contribution in [0.2, 0.25) is 0 Å². The maximum absolute atomic E-state index is 5.38. The summed E-state index contributed by atoms with van der Waals surface area (Å²) in [5.41, 5.74) is 1.26. The highest BCUT2D eigenvalue weighted by molar-refractivity contribution is 14.0. The van der Waals surface area contributed by atoms with E-state index in [0.717, 1.165) is 5.75 Å². The van der Waals surface area contributed by atoms with E-state index in [1.807, 2.05) is 17.8 Å². The van der Waals surface area contributed by atoms with Crippen molar-refractivity contribution in [3.05, 3.63) is 18.2 Å². The molecule has 16 heavy (non-hydrogen) atoms. The van der Waals surface area contributed by atoms with Crippen LogP contribution in [0.5, 0.6) is 5.75 Å². The minimum absolute atomic E-state index is 0. The van der Waals surface area contributed by atoms with Gasteiger partial charge in [0.05, 0.1) is 11.1 Å². The topological polar surface area (TPSA) is 12.5 Å². The molecule has 0 saturated heterocycles. The Balaban J connectivity index is 0.00000128. The highest BCUT2D eigenvalue weighted by atomic mass is 127. The number of anilines is 1. The number of nitrogens with zero attached hydrogens (tertiary/aromatic N) is 1. The van der Waals surface area contributed by atoms with E-state index in [4.69, 9.17) is 11.2 Å². The van der Waals surface area contributed by atoms with Crippen LogP contribution in [0.4, 0.5) is 5.69 Å². The minimum atomic E-state index is 0. The van der Waals surface area contributed by atoms with Crippen LogP contribution in [-0.4, -0.2) is 19.0 Å². The van der Waals surface area contributed by atoms with E-state index in [1.165, 1.54) is 10.6 Å². The number of hydrogen-bond acceptors (Lipinski definition) is 3. The monoisotopic (exact) mass is 347 g/mol. The summed E-state index contributed by atoms with van der Waals surface area (Å²) in [7, 11) is 2.10. The molecule has 1 aromatic rings. The van der Waals surface area contributed by atoms with Crippen molar-refractivity contribution in [2.75, 3.05) is 18.6 Å². The van der Waals surface area contributed by atoms with E-state index < -0.39 is 0 Å². The Morgan fingerprint density at radius 2 is 2.31 bits per heavy atom. The average molecular weight is 347 g/mol. The van der Waals surface area contributed by atoms with E-state index in [0.29, 0.717) is 12.0 Å². The lowest BCUT2D eigenvalue weighted by Crippen LogP contribution is -2.20. The van der Waals surface area contributed by atoms with Gasteiger partial charge in [-0.15, -0.1) is 30.4 Å². The van der Waals surface area contributed by atoms with Crippen LogP contribution in [-0.2, 0) is 0 Å². The number of thioether (sulfide) groups is 1. The molecule has 86 valence electrons. The van der Waals surface area contributed by atoms with Gasteiger partial charge in [0.1, 0.15) is 12.4 Å². The fourth-order valence-corrected chi connectivity index (χ4v) is 2.71. The SMILES string of the molecule is C#CCOc1ccc2c(c1)SC(C)N2C.I. The number of rotatable bonds is 2. The molecule has 0 aromatic heterocycles. The summed E-state index contributed by atoms with van der Waals surface area (Å²) < 4.78 is 5.38. The zero-order chi connectivity index (χ0) is 10.8. The second-order valence-electron chi connectivity index (χ2n) is 3.45. The number of halogens is 1. The van der Waals surface area contributed by atoms with Gasteiger partial charge in [-0.3, -0.25) is 0 Å². The molecule has 0 radical (unpaired) electrons. The van der Waals surface area contributed by atoms with Gasteiger partial charge >= 0.3 is 0 Å². The van der Waals surface area contributed by atoms with Crippen molar-refractivity contribution in [2.24, 2.45) is 0 Å². The van der Waals surface area contributed by atoms with E-state index in [9.17, 15) is 0 Å². The molecule has 1 heterocycles. The van der Waals surface area contributed by atoms with Crippen LogP contribution in [0.1, 0.15) is 6.92 Å². The summed E-state index contributed by atoms with van der Waals surface area (Å²) in [6, 6.07) is 6.10. The van der Waals surface area contributed by atoms with Gasteiger partial charge in [0.2, 0.25) is 0 Å². The van der Waals surface area contributed by atoms with Crippen LogP contribution in [0, 0.1) is 12.3 Å². The standard InChI is InChI=1S/C12H13NOS.HI/c1-4-7-14-10-5-6-11-12(8-10)15-9(2)13(11)3;/h1,5-6,8-9H,7H2,2-3H3;1H. The zero-order valence-corrected chi connectivity index (χ0v) is 12.4. The van der Waals surface area contributed by atoms with Gasteiger partial charge in [0, 0.05) is 11.9 Å². The van der Waals surface area contributed by atoms with Gasteiger partial charge in [-0.2, -0.15) is 0 Å². The van der Waals surface area contributed by atoms with Crippen molar-refractivity contribution < 1.29 is 4.74 Å². The molecular weight excluding hydrogens is 333 g/mol. The van der Waals surface area contributed by atoms with Crippen molar-refractivity contribution in [2.45, 2.75) is 17.2 Å². The van der Waals surface area contributed by atoms with E-state index in [1.54, 1.807) is 0 Å². The van der Waals surface area contributed by atoms with Gasteiger partial charge in [-0.25, -0.2) is 0 Å². The third kappa shape index (κ3) is 2.58. The number of fused-ring (bicyclic) bond motifs is 1. The van der Waals surface area contributed by atoms with Crippen LogP contribution in [0.3, 0.4) is 0 Å². The molecule has 0 bridgehead atoms. The maximum Gasteiger partial charge on any atom is 0.148 e. The largest absolute Gasteiger partial charge is 0.481 e. The number of hydrogen-bond donors (Lipinski definition) is 0. The van der Waals surface area contributed by atoms with Crippen LogP contribution < -0.4 is 9.64 Å². The van der Waals surface area contributed by atoms with Crippen molar-refractivity contribution in [1.29, 1.82) is 0 Å². The minimum Gasteiger partial charge on any atom is -0.481 e. The molecule has 1 aliphatic rings. The quantitative estimate of drug-likeness (QED) is 0.602. The maximum atomic E-state index is 5.38. The molecule has 0 fully saturated rings. The second-order valence-corrected chi connectivity index (χ2v) is 4.81. The predicted octanol–water partition coefficient (Wildman–Crippen LogP) is 3.20. The van der Waals surface area contributed by atoms with Gasteiger partial charge in [-0.1, -0.05) is 17.7 Å². The second kappa shape index (κ2) is 5.69. The van der Waals surface area contributed by atoms with Crippen LogP contribution >= 0.6 is 35.7 Å². The summed E-state index contributed by atoms with van der Waals surface area (Å²) in [6.07, 6.45) is 5.14. The van der Waals surface area contributed by atoms with E-state index in [2.05, 4.69) is 36.9 Å². The van der Waals surface area contributed by atoms with Gasteiger partial charge in [0.15, 0.2) is 0 Å².